The number of Topliss-reactive ketones (excluding diaryl/α,β-unsaturated/α-hetero) is 1. The van der Waals surface area contributed by atoms with Crippen molar-refractivity contribution in [1.82, 2.24) is 9.88 Å². The van der Waals surface area contributed by atoms with E-state index >= 15 is 0 Å². The number of imidazole rings is 1. The fraction of sp³-hybridized carbons (Fsp3) is 0.296. The third-order valence-electron chi connectivity index (χ3n) is 5.88. The van der Waals surface area contributed by atoms with Gasteiger partial charge in [0.05, 0.1) is 25.8 Å². The van der Waals surface area contributed by atoms with Gasteiger partial charge < -0.3 is 19.5 Å². The van der Waals surface area contributed by atoms with Gasteiger partial charge in [0.1, 0.15) is 23.9 Å². The lowest BCUT2D eigenvalue weighted by atomic mass is 9.95. The standard InChI is InChI=1S/C27H29N3O5/c1-3-34-21-10-6-19(7-11-21)24-23(25(31)20-8-12-22(13-9-20)35-4-2)26(32)27(33)30(24)16-5-15-29-17-14-28-18-29/h6-14,17-18,24H,3-5,15-16H2,1-2H3,(H,31,32). The molecular formula is C27H29N3O5. The Bertz CT molecular complexity index is 1180. The van der Waals surface area contributed by atoms with E-state index in [-0.39, 0.29) is 5.57 Å². The number of H-pyrrole nitrogens is 1. The maximum atomic E-state index is 13.5. The minimum absolute atomic E-state index is 0.0300. The number of nitrogens with one attached hydrogen (secondary N) is 1. The van der Waals surface area contributed by atoms with Crippen LogP contribution in [0, 0.1) is 0 Å². The SMILES string of the molecule is CCOc1ccc(/C([O-])=C2\C(=O)C(=O)N(CCC[n+]3cc[nH]c3)C2c2ccc(OCC)cc2)cc1. The van der Waals surface area contributed by atoms with E-state index in [0.29, 0.717) is 55.4 Å². The first-order valence-corrected chi connectivity index (χ1v) is 11.8. The number of ketones is 1. The number of aryl methyl sites for hydroxylation is 1. The molecular weight excluding hydrogens is 446 g/mol. The van der Waals surface area contributed by atoms with Crippen molar-refractivity contribution in [2.45, 2.75) is 32.9 Å². The highest BCUT2D eigenvalue weighted by molar-refractivity contribution is 6.46. The van der Waals surface area contributed by atoms with Gasteiger partial charge in [-0.25, -0.2) is 4.57 Å². The molecule has 0 aliphatic carbocycles. The molecule has 0 spiro atoms. The van der Waals surface area contributed by atoms with Crippen LogP contribution in [-0.2, 0) is 16.1 Å². The van der Waals surface area contributed by atoms with E-state index in [0.717, 1.165) is 0 Å². The van der Waals surface area contributed by atoms with Crippen LogP contribution in [0.3, 0.4) is 0 Å². The largest absolute Gasteiger partial charge is 0.872 e. The predicted octanol–water partition coefficient (Wildman–Crippen LogP) is 2.41. The van der Waals surface area contributed by atoms with Gasteiger partial charge in [0, 0.05) is 18.5 Å². The number of amides is 1. The molecule has 0 bridgehead atoms. The van der Waals surface area contributed by atoms with Gasteiger partial charge in [-0.1, -0.05) is 30.0 Å². The van der Waals surface area contributed by atoms with E-state index in [4.69, 9.17) is 9.47 Å². The highest BCUT2D eigenvalue weighted by Gasteiger charge is 2.43. The van der Waals surface area contributed by atoms with Crippen LogP contribution in [0.15, 0.2) is 72.8 Å². The summed E-state index contributed by atoms with van der Waals surface area (Å²) < 4.78 is 13.0. The first kappa shape index (κ1) is 24.1. The molecule has 1 amide bonds. The number of hydrogen-bond donors (Lipinski definition) is 1. The fourth-order valence-corrected chi connectivity index (χ4v) is 4.27. The van der Waals surface area contributed by atoms with Crippen LogP contribution >= 0.6 is 0 Å². The number of ether oxygens (including phenoxy) is 2. The van der Waals surface area contributed by atoms with Crippen LogP contribution in [-0.4, -0.2) is 41.3 Å². The Morgan fingerprint density at radius 3 is 2.20 bits per heavy atom. The molecule has 1 atom stereocenters. The lowest BCUT2D eigenvalue weighted by molar-refractivity contribution is -0.695. The van der Waals surface area contributed by atoms with Crippen molar-refractivity contribution in [3.63, 3.8) is 0 Å². The van der Waals surface area contributed by atoms with E-state index in [9.17, 15) is 14.7 Å². The zero-order valence-corrected chi connectivity index (χ0v) is 19.9. The third-order valence-corrected chi connectivity index (χ3v) is 5.88. The second kappa shape index (κ2) is 10.9. The molecule has 1 aliphatic heterocycles. The number of aromatic amines is 1. The Labute approximate surface area is 204 Å². The number of aromatic nitrogens is 2. The number of rotatable bonds is 10. The molecule has 35 heavy (non-hydrogen) atoms. The van der Waals surface area contributed by atoms with E-state index < -0.39 is 23.5 Å². The Morgan fingerprint density at radius 2 is 1.63 bits per heavy atom. The van der Waals surface area contributed by atoms with Crippen molar-refractivity contribution in [2.75, 3.05) is 19.8 Å². The average Bonchev–Trinajstić information content (AvgIpc) is 3.47. The van der Waals surface area contributed by atoms with E-state index in [2.05, 4.69) is 4.98 Å². The number of benzene rings is 2. The molecule has 1 aliphatic rings. The van der Waals surface area contributed by atoms with Crippen molar-refractivity contribution in [3.05, 3.63) is 84.0 Å². The zero-order valence-electron chi connectivity index (χ0n) is 19.9. The summed E-state index contributed by atoms with van der Waals surface area (Å²) in [5.74, 6) is -0.543. The van der Waals surface area contributed by atoms with Crippen molar-refractivity contribution < 1.29 is 28.7 Å². The fourth-order valence-electron chi connectivity index (χ4n) is 4.27. The van der Waals surface area contributed by atoms with Gasteiger partial charge in [-0.15, -0.1) is 0 Å². The zero-order chi connectivity index (χ0) is 24.8. The van der Waals surface area contributed by atoms with Crippen molar-refractivity contribution >= 4 is 17.4 Å². The summed E-state index contributed by atoms with van der Waals surface area (Å²) in [5.41, 5.74) is 0.999. The number of carbonyl (C=O) groups is 2. The minimum Gasteiger partial charge on any atom is -0.872 e. The summed E-state index contributed by atoms with van der Waals surface area (Å²) in [7, 11) is 0. The molecule has 182 valence electrons. The van der Waals surface area contributed by atoms with Crippen LogP contribution in [0.4, 0.5) is 0 Å². The van der Waals surface area contributed by atoms with Crippen molar-refractivity contribution in [3.8, 4) is 11.5 Å². The van der Waals surface area contributed by atoms with Crippen LogP contribution in [0.25, 0.3) is 5.76 Å². The van der Waals surface area contributed by atoms with Crippen LogP contribution in [0.5, 0.6) is 11.5 Å². The highest BCUT2D eigenvalue weighted by atomic mass is 16.5. The normalized spacial score (nSPS) is 17.1. The summed E-state index contributed by atoms with van der Waals surface area (Å²) in [5, 5.41) is 13.5. The minimum atomic E-state index is -0.763. The molecule has 8 nitrogen and oxygen atoms in total. The van der Waals surface area contributed by atoms with Crippen LogP contribution in [0.1, 0.15) is 37.4 Å². The molecule has 0 saturated carbocycles. The van der Waals surface area contributed by atoms with Gasteiger partial charge in [-0.05, 0) is 49.2 Å². The second-order valence-corrected chi connectivity index (χ2v) is 8.14. The summed E-state index contributed by atoms with van der Waals surface area (Å²) in [6.07, 6.45) is 6.16. The predicted molar refractivity (Wildman–Crippen MR) is 127 cm³/mol. The Morgan fingerprint density at radius 1 is 1.00 bits per heavy atom. The summed E-state index contributed by atoms with van der Waals surface area (Å²) in [6, 6.07) is 13.1. The second-order valence-electron chi connectivity index (χ2n) is 8.14. The topological polar surface area (TPSA) is 98.6 Å². The monoisotopic (exact) mass is 475 g/mol. The summed E-state index contributed by atoms with van der Waals surface area (Å²) in [6.45, 7) is 5.81. The smallest absolute Gasteiger partial charge is 0.295 e. The average molecular weight is 476 g/mol. The summed E-state index contributed by atoms with van der Waals surface area (Å²) in [4.78, 5) is 30.7. The number of nitrogens with zero attached hydrogens (tertiary/aromatic N) is 2. The number of likely N-dealkylation sites (tertiary alicyclic amines) is 1. The summed E-state index contributed by atoms with van der Waals surface area (Å²) >= 11 is 0. The molecule has 2 heterocycles. The highest BCUT2D eigenvalue weighted by Crippen LogP contribution is 2.39. The molecule has 8 heteroatoms. The molecule has 1 aromatic heterocycles. The molecule has 1 unspecified atom stereocenters. The maximum Gasteiger partial charge on any atom is 0.295 e. The molecule has 3 aromatic rings. The molecule has 1 N–H and O–H groups in total. The Kier molecular flexibility index (Phi) is 7.50. The van der Waals surface area contributed by atoms with Gasteiger partial charge in [0.25, 0.3) is 5.91 Å². The molecule has 2 aromatic carbocycles. The lowest BCUT2D eigenvalue weighted by Gasteiger charge is -2.27. The van der Waals surface area contributed by atoms with Gasteiger partial charge in [-0.3, -0.25) is 14.6 Å². The molecule has 0 radical (unpaired) electrons. The van der Waals surface area contributed by atoms with Crippen molar-refractivity contribution in [1.29, 1.82) is 0 Å². The molecule has 1 saturated heterocycles. The van der Waals surface area contributed by atoms with E-state index in [1.807, 2.05) is 37.1 Å². The third kappa shape index (κ3) is 5.21. The number of carbonyl (C=O) groups excluding carboxylic acids is 2. The van der Waals surface area contributed by atoms with Crippen LogP contribution in [0.2, 0.25) is 0 Å². The van der Waals surface area contributed by atoms with Crippen molar-refractivity contribution in [2.24, 2.45) is 0 Å². The quantitative estimate of drug-likeness (QED) is 0.210. The Hall–Kier alpha value is -4.07. The Balaban J connectivity index is 1.70. The van der Waals surface area contributed by atoms with Gasteiger partial charge >= 0.3 is 0 Å². The van der Waals surface area contributed by atoms with E-state index in [1.165, 1.54) is 4.90 Å². The molecule has 4 rings (SSSR count). The van der Waals surface area contributed by atoms with Gasteiger partial charge in [0.2, 0.25) is 12.1 Å². The first-order valence-electron chi connectivity index (χ1n) is 11.8. The first-order chi connectivity index (χ1) is 17.0. The molecule has 1 fully saturated rings. The van der Waals surface area contributed by atoms with Gasteiger partial charge in [-0.2, -0.15) is 0 Å². The lowest BCUT2D eigenvalue weighted by Crippen LogP contribution is -2.36. The number of hydrogen-bond acceptors (Lipinski definition) is 5. The van der Waals surface area contributed by atoms with Crippen LogP contribution < -0.4 is 19.1 Å². The van der Waals surface area contributed by atoms with E-state index in [1.54, 1.807) is 48.5 Å². The maximum absolute atomic E-state index is 13.5. The van der Waals surface area contributed by atoms with Gasteiger partial charge in [0.15, 0.2) is 0 Å².